The van der Waals surface area contributed by atoms with Gasteiger partial charge in [0.05, 0.1) is 0 Å². The number of rotatable bonds is 5. The van der Waals surface area contributed by atoms with Gasteiger partial charge in [-0.3, -0.25) is 0 Å². The number of halogens is 1. The fraction of sp³-hybridized carbons (Fsp3) is 0.571. The van der Waals surface area contributed by atoms with Gasteiger partial charge in [0, 0.05) is 5.38 Å². The van der Waals surface area contributed by atoms with Gasteiger partial charge < -0.3 is 0 Å². The molecular weight excluding hydrogens is 204 g/mol. The first-order chi connectivity index (χ1) is 7.19. The molecule has 0 fully saturated rings. The maximum absolute atomic E-state index is 6.45. The van der Waals surface area contributed by atoms with E-state index in [9.17, 15) is 0 Å². The van der Waals surface area contributed by atoms with Crippen molar-refractivity contribution >= 4 is 11.6 Å². The highest BCUT2D eigenvalue weighted by Crippen LogP contribution is 2.23. The van der Waals surface area contributed by atoms with Crippen LogP contribution >= 0.6 is 11.6 Å². The molecule has 1 atom stereocenters. The van der Waals surface area contributed by atoms with Gasteiger partial charge in [-0.15, -0.1) is 11.6 Å². The summed E-state index contributed by atoms with van der Waals surface area (Å²) in [6, 6.07) is 8.52. The summed E-state index contributed by atoms with van der Waals surface area (Å²) in [4.78, 5) is 0. The van der Waals surface area contributed by atoms with Gasteiger partial charge in [-0.1, -0.05) is 51.0 Å². The molecule has 0 nitrogen and oxygen atoms in total. The molecule has 0 aliphatic rings. The van der Waals surface area contributed by atoms with Crippen LogP contribution in [0.1, 0.15) is 37.8 Å². The Bertz CT molecular complexity index is 289. The fourth-order valence-electron chi connectivity index (χ4n) is 2.02. The van der Waals surface area contributed by atoms with E-state index in [1.54, 1.807) is 0 Å². The number of aryl methyl sites for hydroxylation is 1. The minimum absolute atomic E-state index is 0.279. The van der Waals surface area contributed by atoms with Crippen molar-refractivity contribution in [1.82, 2.24) is 0 Å². The zero-order valence-electron chi connectivity index (χ0n) is 9.96. The van der Waals surface area contributed by atoms with Crippen LogP contribution in [0, 0.1) is 12.8 Å². The lowest BCUT2D eigenvalue weighted by atomic mass is 9.93. The second kappa shape index (κ2) is 6.17. The third-order valence-electron chi connectivity index (χ3n) is 3.24. The lowest BCUT2D eigenvalue weighted by Crippen LogP contribution is -2.16. The van der Waals surface area contributed by atoms with Crippen LogP contribution in [-0.4, -0.2) is 5.38 Å². The molecule has 0 aliphatic carbocycles. The predicted octanol–water partition coefficient (Wildman–Crippen LogP) is 4.58. The monoisotopic (exact) mass is 224 g/mol. The van der Waals surface area contributed by atoms with E-state index in [-0.39, 0.29) is 5.38 Å². The predicted molar refractivity (Wildman–Crippen MR) is 68.6 cm³/mol. The van der Waals surface area contributed by atoms with Gasteiger partial charge in [0.25, 0.3) is 0 Å². The average molecular weight is 225 g/mol. The highest BCUT2D eigenvalue weighted by molar-refractivity contribution is 6.20. The van der Waals surface area contributed by atoms with Gasteiger partial charge in [-0.2, -0.15) is 0 Å². The van der Waals surface area contributed by atoms with Crippen LogP contribution in [0.4, 0.5) is 0 Å². The van der Waals surface area contributed by atoms with Crippen LogP contribution in [0.25, 0.3) is 0 Å². The molecule has 0 N–H and O–H groups in total. The normalized spacial score (nSPS) is 13.1. The maximum atomic E-state index is 6.45. The summed E-state index contributed by atoms with van der Waals surface area (Å²) in [6.07, 6.45) is 3.35. The zero-order valence-corrected chi connectivity index (χ0v) is 10.7. The fourth-order valence-corrected chi connectivity index (χ4v) is 2.54. The molecular formula is C14H21Cl. The van der Waals surface area contributed by atoms with Crippen LogP contribution in [0.15, 0.2) is 24.3 Å². The molecule has 1 aromatic carbocycles. The molecule has 0 saturated heterocycles. The average Bonchev–Trinajstić information content (AvgIpc) is 2.23. The first-order valence-corrected chi connectivity index (χ1v) is 6.31. The van der Waals surface area contributed by atoms with E-state index >= 15 is 0 Å². The number of hydrogen-bond donors (Lipinski definition) is 0. The first-order valence-electron chi connectivity index (χ1n) is 5.87. The van der Waals surface area contributed by atoms with E-state index in [1.807, 2.05) is 0 Å². The Morgan fingerprint density at radius 2 is 1.73 bits per heavy atom. The number of benzene rings is 1. The Kier molecular flexibility index (Phi) is 5.17. The first kappa shape index (κ1) is 12.6. The Balaban J connectivity index is 2.65. The van der Waals surface area contributed by atoms with Crippen molar-refractivity contribution in [2.75, 3.05) is 0 Å². The molecule has 1 rings (SSSR count). The van der Waals surface area contributed by atoms with E-state index in [0.717, 1.165) is 6.42 Å². The van der Waals surface area contributed by atoms with Crippen LogP contribution in [0.5, 0.6) is 0 Å². The van der Waals surface area contributed by atoms with E-state index in [2.05, 4.69) is 45.0 Å². The van der Waals surface area contributed by atoms with Crippen molar-refractivity contribution < 1.29 is 0 Å². The Morgan fingerprint density at radius 1 is 1.13 bits per heavy atom. The van der Waals surface area contributed by atoms with Crippen molar-refractivity contribution in [1.29, 1.82) is 0 Å². The smallest absolute Gasteiger partial charge is 0.0404 e. The molecule has 0 bridgehead atoms. The van der Waals surface area contributed by atoms with E-state index in [4.69, 9.17) is 11.6 Å². The SMILES string of the molecule is CCC(CC)C(Cl)Cc1ccccc1C. The molecule has 0 radical (unpaired) electrons. The summed E-state index contributed by atoms with van der Waals surface area (Å²) in [5.74, 6) is 0.645. The van der Waals surface area contributed by atoms with Gasteiger partial charge in [-0.25, -0.2) is 0 Å². The van der Waals surface area contributed by atoms with E-state index in [1.165, 1.54) is 24.0 Å². The molecule has 0 saturated carbocycles. The van der Waals surface area contributed by atoms with Crippen molar-refractivity contribution in [3.63, 3.8) is 0 Å². The molecule has 0 heterocycles. The van der Waals surface area contributed by atoms with Crippen LogP contribution < -0.4 is 0 Å². The molecule has 0 aliphatic heterocycles. The third kappa shape index (κ3) is 3.53. The third-order valence-corrected chi connectivity index (χ3v) is 3.75. The lowest BCUT2D eigenvalue weighted by molar-refractivity contribution is 0.463. The molecule has 1 unspecified atom stereocenters. The van der Waals surface area contributed by atoms with Crippen molar-refractivity contribution in [3.05, 3.63) is 35.4 Å². The van der Waals surface area contributed by atoms with Gasteiger partial charge in [0.2, 0.25) is 0 Å². The highest BCUT2D eigenvalue weighted by Gasteiger charge is 2.16. The van der Waals surface area contributed by atoms with Crippen molar-refractivity contribution in [2.45, 2.75) is 45.4 Å². The summed E-state index contributed by atoms with van der Waals surface area (Å²) in [6.45, 7) is 6.61. The van der Waals surface area contributed by atoms with Gasteiger partial charge in [0.15, 0.2) is 0 Å². The van der Waals surface area contributed by atoms with Gasteiger partial charge >= 0.3 is 0 Å². The number of alkyl halides is 1. The Labute approximate surface area is 98.7 Å². The minimum atomic E-state index is 0.279. The molecule has 15 heavy (non-hydrogen) atoms. The van der Waals surface area contributed by atoms with Crippen molar-refractivity contribution in [2.24, 2.45) is 5.92 Å². The van der Waals surface area contributed by atoms with Gasteiger partial charge in [-0.05, 0) is 30.4 Å². The van der Waals surface area contributed by atoms with E-state index < -0.39 is 0 Å². The second-order valence-corrected chi connectivity index (χ2v) is 4.78. The van der Waals surface area contributed by atoms with Crippen molar-refractivity contribution in [3.8, 4) is 0 Å². The van der Waals surface area contributed by atoms with E-state index in [0.29, 0.717) is 5.92 Å². The molecule has 1 heteroatoms. The minimum Gasteiger partial charge on any atom is -0.122 e. The quantitative estimate of drug-likeness (QED) is 0.643. The summed E-state index contributed by atoms with van der Waals surface area (Å²) in [5, 5.41) is 0.279. The lowest BCUT2D eigenvalue weighted by Gasteiger charge is -2.19. The van der Waals surface area contributed by atoms with Crippen LogP contribution in [0.2, 0.25) is 0 Å². The molecule has 1 aromatic rings. The zero-order chi connectivity index (χ0) is 11.3. The van der Waals surface area contributed by atoms with Gasteiger partial charge in [0.1, 0.15) is 0 Å². The summed E-state index contributed by atoms with van der Waals surface area (Å²) >= 11 is 6.45. The summed E-state index contributed by atoms with van der Waals surface area (Å²) < 4.78 is 0. The Hall–Kier alpha value is -0.490. The molecule has 0 amide bonds. The largest absolute Gasteiger partial charge is 0.122 e. The maximum Gasteiger partial charge on any atom is 0.0404 e. The van der Waals surface area contributed by atoms with Crippen LogP contribution in [0.3, 0.4) is 0 Å². The molecule has 0 aromatic heterocycles. The molecule has 84 valence electrons. The summed E-state index contributed by atoms with van der Waals surface area (Å²) in [5.41, 5.74) is 2.75. The topological polar surface area (TPSA) is 0 Å². The number of hydrogen-bond acceptors (Lipinski definition) is 0. The second-order valence-electron chi connectivity index (χ2n) is 4.22. The van der Waals surface area contributed by atoms with Crippen LogP contribution in [-0.2, 0) is 6.42 Å². The molecule has 0 spiro atoms. The summed E-state index contributed by atoms with van der Waals surface area (Å²) in [7, 11) is 0. The Morgan fingerprint density at radius 3 is 2.27 bits per heavy atom. The highest BCUT2D eigenvalue weighted by atomic mass is 35.5. The standard InChI is InChI=1S/C14H21Cl/c1-4-12(5-2)14(15)10-13-9-7-6-8-11(13)3/h6-9,12,14H,4-5,10H2,1-3H3.